The van der Waals surface area contributed by atoms with E-state index in [1.54, 1.807) is 16.9 Å². The van der Waals surface area contributed by atoms with Gasteiger partial charge in [-0.3, -0.25) is 0 Å². The van der Waals surface area contributed by atoms with Crippen LogP contribution in [0.15, 0.2) is 30.7 Å². The highest BCUT2D eigenvalue weighted by atomic mass is 35.5. The molecule has 0 aliphatic rings. The molecule has 0 unspecified atom stereocenters. The van der Waals surface area contributed by atoms with Crippen molar-refractivity contribution in [1.29, 1.82) is 0 Å². The third kappa shape index (κ3) is 1.64. The number of nitrogens with zero attached hydrogens (tertiary/aromatic N) is 5. The van der Waals surface area contributed by atoms with Gasteiger partial charge in [0.05, 0.1) is 5.69 Å². The fraction of sp³-hybridized carbons (Fsp3) is 0.0909. The van der Waals surface area contributed by atoms with Gasteiger partial charge >= 0.3 is 0 Å². The van der Waals surface area contributed by atoms with Crippen LogP contribution in [0.3, 0.4) is 0 Å². The Morgan fingerprint density at radius 2 is 2.12 bits per heavy atom. The Morgan fingerprint density at radius 3 is 2.94 bits per heavy atom. The molecular weight excluding hydrogens is 238 g/mol. The van der Waals surface area contributed by atoms with Crippen LogP contribution in [-0.2, 0) is 0 Å². The van der Waals surface area contributed by atoms with Gasteiger partial charge in [0.25, 0.3) is 0 Å². The summed E-state index contributed by atoms with van der Waals surface area (Å²) in [4.78, 5) is 12.3. The molecule has 0 atom stereocenters. The molecule has 17 heavy (non-hydrogen) atoms. The fourth-order valence-electron chi connectivity index (χ4n) is 1.70. The van der Waals surface area contributed by atoms with Crippen LogP contribution in [0, 0.1) is 6.92 Å². The minimum atomic E-state index is 0.382. The second-order valence-corrected chi connectivity index (χ2v) is 3.96. The number of hydrogen-bond acceptors (Lipinski definition) is 4. The smallest absolute Gasteiger partial charge is 0.164 e. The van der Waals surface area contributed by atoms with Crippen molar-refractivity contribution in [3.05, 3.63) is 41.6 Å². The summed E-state index contributed by atoms with van der Waals surface area (Å²) in [6.45, 7) is 1.93. The van der Waals surface area contributed by atoms with Crippen LogP contribution < -0.4 is 0 Å². The van der Waals surface area contributed by atoms with E-state index in [0.717, 1.165) is 16.7 Å². The van der Waals surface area contributed by atoms with Crippen molar-refractivity contribution in [2.75, 3.05) is 0 Å². The number of fused-ring (bicyclic) bond motifs is 1. The van der Waals surface area contributed by atoms with Gasteiger partial charge in [-0.25, -0.2) is 15.0 Å². The average Bonchev–Trinajstić information content (AvgIpc) is 2.68. The largest absolute Gasteiger partial charge is 0.236 e. The van der Waals surface area contributed by atoms with Gasteiger partial charge in [0.1, 0.15) is 11.5 Å². The molecule has 0 aromatic carbocycles. The van der Waals surface area contributed by atoms with Crippen molar-refractivity contribution in [2.45, 2.75) is 6.92 Å². The number of rotatable bonds is 1. The van der Waals surface area contributed by atoms with Crippen molar-refractivity contribution in [3.63, 3.8) is 0 Å². The topological polar surface area (TPSA) is 56.5 Å². The maximum atomic E-state index is 5.84. The lowest BCUT2D eigenvalue weighted by Crippen LogP contribution is -2.01. The average molecular weight is 246 g/mol. The zero-order chi connectivity index (χ0) is 11.8. The highest BCUT2D eigenvalue weighted by Crippen LogP contribution is 2.18. The molecule has 0 saturated carbocycles. The third-order valence-electron chi connectivity index (χ3n) is 2.46. The van der Waals surface area contributed by atoms with Crippen molar-refractivity contribution < 1.29 is 0 Å². The number of aromatic nitrogens is 5. The van der Waals surface area contributed by atoms with Gasteiger partial charge in [-0.05, 0) is 19.1 Å². The Kier molecular flexibility index (Phi) is 2.26. The van der Waals surface area contributed by atoms with E-state index < -0.39 is 0 Å². The molecule has 0 saturated heterocycles. The maximum Gasteiger partial charge on any atom is 0.164 e. The lowest BCUT2D eigenvalue weighted by Gasteiger charge is -2.00. The molecule has 0 bridgehead atoms. The zero-order valence-corrected chi connectivity index (χ0v) is 9.76. The number of halogens is 1. The first-order chi connectivity index (χ1) is 8.25. The van der Waals surface area contributed by atoms with Crippen molar-refractivity contribution in [1.82, 2.24) is 24.7 Å². The monoisotopic (exact) mass is 245 g/mol. The Labute approximate surface area is 102 Å². The second kappa shape index (κ2) is 3.78. The molecule has 0 spiro atoms. The van der Waals surface area contributed by atoms with Gasteiger partial charge in [-0.15, -0.1) is 0 Å². The molecule has 0 amide bonds. The van der Waals surface area contributed by atoms with Crippen LogP contribution in [0.1, 0.15) is 5.69 Å². The quantitative estimate of drug-likeness (QED) is 0.617. The van der Waals surface area contributed by atoms with Crippen LogP contribution in [0.2, 0.25) is 5.15 Å². The summed E-state index contributed by atoms with van der Waals surface area (Å²) >= 11 is 5.84. The van der Waals surface area contributed by atoms with Gasteiger partial charge in [-0.1, -0.05) is 11.6 Å². The van der Waals surface area contributed by atoms with Crippen LogP contribution in [-0.4, -0.2) is 24.7 Å². The standard InChI is InChI=1S/C11H8ClN5/c1-7-8-3-2-4-13-11(8)17(16-7)10-5-9(12)14-6-15-10/h2-6H,1H3. The predicted octanol–water partition coefficient (Wildman–Crippen LogP) is 2.17. The van der Waals surface area contributed by atoms with Crippen molar-refractivity contribution in [3.8, 4) is 5.82 Å². The van der Waals surface area contributed by atoms with E-state index >= 15 is 0 Å². The first-order valence-corrected chi connectivity index (χ1v) is 5.42. The Morgan fingerprint density at radius 1 is 1.24 bits per heavy atom. The van der Waals surface area contributed by atoms with Gasteiger partial charge in [0.2, 0.25) is 0 Å². The van der Waals surface area contributed by atoms with Gasteiger partial charge in [0, 0.05) is 17.6 Å². The molecule has 6 heteroatoms. The number of aryl methyl sites for hydroxylation is 1. The van der Waals surface area contributed by atoms with E-state index in [2.05, 4.69) is 20.1 Å². The van der Waals surface area contributed by atoms with E-state index in [9.17, 15) is 0 Å². The van der Waals surface area contributed by atoms with E-state index in [1.807, 2.05) is 19.1 Å². The lowest BCUT2D eigenvalue weighted by molar-refractivity contribution is 0.840. The molecular formula is C11H8ClN5. The summed E-state index contributed by atoms with van der Waals surface area (Å²) in [6, 6.07) is 5.51. The van der Waals surface area contributed by atoms with Gasteiger partial charge in [0.15, 0.2) is 11.5 Å². The summed E-state index contributed by atoms with van der Waals surface area (Å²) in [5, 5.41) is 5.79. The Balaban J connectivity index is 2.31. The molecule has 0 aliphatic carbocycles. The van der Waals surface area contributed by atoms with Crippen molar-refractivity contribution in [2.24, 2.45) is 0 Å². The highest BCUT2D eigenvalue weighted by Gasteiger charge is 2.10. The van der Waals surface area contributed by atoms with Gasteiger partial charge < -0.3 is 0 Å². The van der Waals surface area contributed by atoms with Crippen LogP contribution >= 0.6 is 11.6 Å². The summed E-state index contributed by atoms with van der Waals surface area (Å²) in [5.41, 5.74) is 1.67. The lowest BCUT2D eigenvalue weighted by atomic mass is 10.3. The van der Waals surface area contributed by atoms with E-state index in [0.29, 0.717) is 11.0 Å². The number of hydrogen-bond donors (Lipinski definition) is 0. The molecule has 0 fully saturated rings. The molecule has 5 nitrogen and oxygen atoms in total. The Hall–Kier alpha value is -2.01. The SMILES string of the molecule is Cc1nn(-c2cc(Cl)ncn2)c2ncccc12. The molecule has 3 aromatic rings. The summed E-state index contributed by atoms with van der Waals surface area (Å²) in [5.74, 6) is 0.613. The minimum Gasteiger partial charge on any atom is -0.236 e. The fourth-order valence-corrected chi connectivity index (χ4v) is 1.84. The summed E-state index contributed by atoms with van der Waals surface area (Å²) in [6.07, 6.45) is 3.13. The normalized spacial score (nSPS) is 10.9. The maximum absolute atomic E-state index is 5.84. The summed E-state index contributed by atoms with van der Waals surface area (Å²) in [7, 11) is 0. The molecule has 3 heterocycles. The van der Waals surface area contributed by atoms with Crippen molar-refractivity contribution >= 4 is 22.6 Å². The van der Waals surface area contributed by atoms with E-state index in [-0.39, 0.29) is 0 Å². The Bertz CT molecular complexity index is 691. The highest BCUT2D eigenvalue weighted by molar-refractivity contribution is 6.29. The predicted molar refractivity (Wildman–Crippen MR) is 64.2 cm³/mol. The van der Waals surface area contributed by atoms with Crippen LogP contribution in [0.4, 0.5) is 0 Å². The van der Waals surface area contributed by atoms with E-state index in [4.69, 9.17) is 11.6 Å². The molecule has 3 rings (SSSR count). The van der Waals surface area contributed by atoms with Gasteiger partial charge in [-0.2, -0.15) is 9.78 Å². The molecule has 84 valence electrons. The van der Waals surface area contributed by atoms with Crippen LogP contribution in [0.25, 0.3) is 16.9 Å². The number of pyridine rings is 1. The molecule has 3 aromatic heterocycles. The zero-order valence-electron chi connectivity index (χ0n) is 9.00. The van der Waals surface area contributed by atoms with Crippen LogP contribution in [0.5, 0.6) is 0 Å². The molecule has 0 radical (unpaired) electrons. The molecule has 0 N–H and O–H groups in total. The summed E-state index contributed by atoms with van der Waals surface area (Å²) < 4.78 is 1.66. The molecule has 0 aliphatic heterocycles. The first kappa shape index (κ1) is 10.2. The second-order valence-electron chi connectivity index (χ2n) is 3.57. The minimum absolute atomic E-state index is 0.382. The van der Waals surface area contributed by atoms with E-state index in [1.165, 1.54) is 6.33 Å². The first-order valence-electron chi connectivity index (χ1n) is 5.04. The third-order valence-corrected chi connectivity index (χ3v) is 2.67.